The number of hydrogen-bond acceptors (Lipinski definition) is 5. The third-order valence-electron chi connectivity index (χ3n) is 2.72. The van der Waals surface area contributed by atoms with E-state index < -0.39 is 0 Å². The van der Waals surface area contributed by atoms with Crippen LogP contribution in [0.4, 0.5) is 21.8 Å². The normalized spacial score (nSPS) is 10.9. The molecule has 1 aromatic carbocycles. The Labute approximate surface area is 127 Å². The highest BCUT2D eigenvalue weighted by molar-refractivity contribution is 9.10. The van der Waals surface area contributed by atoms with Crippen LogP contribution in [0, 0.1) is 12.7 Å². The molecule has 20 heavy (non-hydrogen) atoms. The Balaban J connectivity index is 2.07. The lowest BCUT2D eigenvalue weighted by molar-refractivity contribution is 0.622. The van der Waals surface area contributed by atoms with Crippen LogP contribution in [0.2, 0.25) is 0 Å². The van der Waals surface area contributed by atoms with Crippen molar-refractivity contribution in [2.45, 2.75) is 6.92 Å². The second kappa shape index (κ2) is 4.99. The van der Waals surface area contributed by atoms with Crippen LogP contribution < -0.4 is 11.1 Å². The zero-order chi connectivity index (χ0) is 14.3. The number of halogens is 2. The second-order valence-electron chi connectivity index (χ2n) is 4.26. The molecule has 4 nitrogen and oxygen atoms in total. The number of fused-ring (bicyclic) bond motifs is 1. The maximum atomic E-state index is 13.5. The minimum absolute atomic E-state index is 0.194. The van der Waals surface area contributed by atoms with Gasteiger partial charge in [-0.2, -0.15) is 4.98 Å². The van der Waals surface area contributed by atoms with E-state index in [0.717, 1.165) is 15.1 Å². The van der Waals surface area contributed by atoms with Gasteiger partial charge in [-0.1, -0.05) is 0 Å². The van der Waals surface area contributed by atoms with Crippen molar-refractivity contribution >= 4 is 54.9 Å². The molecule has 0 radical (unpaired) electrons. The van der Waals surface area contributed by atoms with Gasteiger partial charge in [-0.05, 0) is 47.1 Å². The average molecular weight is 353 g/mol. The molecule has 3 aromatic rings. The number of anilines is 3. The van der Waals surface area contributed by atoms with Crippen molar-refractivity contribution in [1.82, 2.24) is 9.97 Å². The molecule has 0 bridgehead atoms. The summed E-state index contributed by atoms with van der Waals surface area (Å²) in [7, 11) is 0. The monoisotopic (exact) mass is 352 g/mol. The number of nitrogen functional groups attached to an aromatic ring is 1. The smallest absolute Gasteiger partial charge is 0.223 e. The molecule has 3 N–H and O–H groups in total. The van der Waals surface area contributed by atoms with Gasteiger partial charge in [0.1, 0.15) is 16.5 Å². The van der Waals surface area contributed by atoms with Crippen molar-refractivity contribution in [2.75, 3.05) is 11.1 Å². The number of nitrogens with two attached hydrogens (primary N) is 1. The molecule has 0 fully saturated rings. The maximum Gasteiger partial charge on any atom is 0.223 e. The van der Waals surface area contributed by atoms with Crippen molar-refractivity contribution in [1.29, 1.82) is 0 Å². The first kappa shape index (κ1) is 13.3. The fourth-order valence-corrected chi connectivity index (χ4v) is 3.00. The molecular weight excluding hydrogens is 343 g/mol. The number of nitrogens with zero attached hydrogens (tertiary/aromatic N) is 2. The van der Waals surface area contributed by atoms with Gasteiger partial charge in [-0.25, -0.2) is 9.37 Å². The molecule has 2 heterocycles. The van der Waals surface area contributed by atoms with Gasteiger partial charge >= 0.3 is 0 Å². The summed E-state index contributed by atoms with van der Waals surface area (Å²) in [4.78, 5) is 10.3. The van der Waals surface area contributed by atoms with Gasteiger partial charge in [0, 0.05) is 10.6 Å². The van der Waals surface area contributed by atoms with Crippen LogP contribution in [0.5, 0.6) is 0 Å². The lowest BCUT2D eigenvalue weighted by atomic mass is 10.3. The predicted molar refractivity (Wildman–Crippen MR) is 83.9 cm³/mol. The number of rotatable bonds is 2. The van der Waals surface area contributed by atoms with E-state index >= 15 is 0 Å². The van der Waals surface area contributed by atoms with Crippen molar-refractivity contribution in [2.24, 2.45) is 0 Å². The Morgan fingerprint density at radius 2 is 2.10 bits per heavy atom. The topological polar surface area (TPSA) is 63.8 Å². The van der Waals surface area contributed by atoms with Gasteiger partial charge < -0.3 is 11.1 Å². The molecule has 7 heteroatoms. The van der Waals surface area contributed by atoms with Crippen LogP contribution in [-0.4, -0.2) is 9.97 Å². The largest absolute Gasteiger partial charge is 0.368 e. The molecule has 0 aliphatic heterocycles. The van der Waals surface area contributed by atoms with Gasteiger partial charge in [0.15, 0.2) is 0 Å². The van der Waals surface area contributed by atoms with E-state index in [1.54, 1.807) is 23.5 Å². The first-order chi connectivity index (χ1) is 9.52. The van der Waals surface area contributed by atoms with Gasteiger partial charge in [0.05, 0.1) is 9.86 Å². The van der Waals surface area contributed by atoms with Crippen molar-refractivity contribution in [3.8, 4) is 0 Å². The summed E-state index contributed by atoms with van der Waals surface area (Å²) in [5.41, 5.74) is 6.31. The zero-order valence-corrected chi connectivity index (χ0v) is 12.8. The molecular formula is C13H10BrFN4S. The average Bonchev–Trinajstić information content (AvgIpc) is 2.74. The fourth-order valence-electron chi connectivity index (χ4n) is 1.86. The number of benzene rings is 1. The van der Waals surface area contributed by atoms with E-state index in [1.807, 2.05) is 13.0 Å². The van der Waals surface area contributed by atoms with E-state index in [2.05, 4.69) is 31.2 Å². The van der Waals surface area contributed by atoms with E-state index in [4.69, 9.17) is 5.73 Å². The van der Waals surface area contributed by atoms with Crippen LogP contribution in [0.25, 0.3) is 10.2 Å². The molecule has 0 spiro atoms. The highest BCUT2D eigenvalue weighted by Gasteiger charge is 2.10. The lowest BCUT2D eigenvalue weighted by Gasteiger charge is -2.08. The van der Waals surface area contributed by atoms with Crippen molar-refractivity contribution in [3.05, 3.63) is 39.4 Å². The Morgan fingerprint density at radius 1 is 1.30 bits per heavy atom. The highest BCUT2D eigenvalue weighted by Crippen LogP contribution is 2.31. The zero-order valence-electron chi connectivity index (χ0n) is 10.4. The third-order valence-corrected chi connectivity index (χ3v) is 4.30. The molecule has 0 saturated carbocycles. The molecule has 2 aromatic heterocycles. The number of hydrogen-bond donors (Lipinski definition) is 2. The number of aromatic nitrogens is 2. The molecule has 0 unspecified atom stereocenters. The summed E-state index contributed by atoms with van der Waals surface area (Å²) in [6.07, 6.45) is 0. The molecule has 0 atom stereocenters. The van der Waals surface area contributed by atoms with Crippen LogP contribution in [0.15, 0.2) is 28.7 Å². The molecule has 3 rings (SSSR count). The van der Waals surface area contributed by atoms with Crippen molar-refractivity contribution < 1.29 is 4.39 Å². The molecule has 0 amide bonds. The first-order valence-electron chi connectivity index (χ1n) is 5.78. The predicted octanol–water partition coefficient (Wildman–Crippen LogP) is 4.23. The Bertz CT molecular complexity index is 802. The van der Waals surface area contributed by atoms with E-state index in [1.165, 1.54) is 6.07 Å². The first-order valence-corrected chi connectivity index (χ1v) is 7.39. The second-order valence-corrected chi connectivity index (χ2v) is 6.35. The lowest BCUT2D eigenvalue weighted by Crippen LogP contribution is -2.00. The minimum atomic E-state index is -0.338. The fraction of sp³-hybridized carbons (Fsp3) is 0.0769. The van der Waals surface area contributed by atoms with Crippen molar-refractivity contribution in [3.63, 3.8) is 0 Å². The summed E-state index contributed by atoms with van der Waals surface area (Å²) in [5, 5.41) is 3.96. The van der Waals surface area contributed by atoms with Gasteiger partial charge in [-0.15, -0.1) is 11.3 Å². The van der Waals surface area contributed by atoms with Crippen LogP contribution in [0.3, 0.4) is 0 Å². The summed E-state index contributed by atoms with van der Waals surface area (Å²) >= 11 is 4.67. The molecule has 0 aliphatic rings. The highest BCUT2D eigenvalue weighted by atomic mass is 79.9. The Hall–Kier alpha value is -1.73. The van der Waals surface area contributed by atoms with E-state index in [0.29, 0.717) is 16.0 Å². The molecule has 102 valence electrons. The summed E-state index contributed by atoms with van der Waals surface area (Å²) in [6, 6.07) is 6.78. The number of aryl methyl sites for hydroxylation is 1. The molecule has 0 aliphatic carbocycles. The number of thiophene rings is 1. The minimum Gasteiger partial charge on any atom is -0.368 e. The van der Waals surface area contributed by atoms with Crippen LogP contribution in [0.1, 0.15) is 4.88 Å². The standard InChI is InChI=1S/C13H10BrFN4S/c1-6-4-8-11(18-13(16)19-12(8)20-6)17-7-2-3-9(14)10(15)5-7/h2-5H,1H3,(H3,16,17,18,19). The Kier molecular flexibility index (Phi) is 3.31. The van der Waals surface area contributed by atoms with E-state index in [9.17, 15) is 4.39 Å². The van der Waals surface area contributed by atoms with E-state index in [-0.39, 0.29) is 11.8 Å². The summed E-state index contributed by atoms with van der Waals surface area (Å²) in [5.74, 6) is 0.438. The summed E-state index contributed by atoms with van der Waals surface area (Å²) < 4.78 is 14.0. The summed E-state index contributed by atoms with van der Waals surface area (Å²) in [6.45, 7) is 1.99. The van der Waals surface area contributed by atoms with Gasteiger partial charge in [0.25, 0.3) is 0 Å². The van der Waals surface area contributed by atoms with Gasteiger partial charge in [-0.3, -0.25) is 0 Å². The van der Waals surface area contributed by atoms with Crippen LogP contribution in [-0.2, 0) is 0 Å². The maximum absolute atomic E-state index is 13.5. The van der Waals surface area contributed by atoms with Crippen LogP contribution >= 0.6 is 27.3 Å². The quantitative estimate of drug-likeness (QED) is 0.724. The van der Waals surface area contributed by atoms with Gasteiger partial charge in [0.2, 0.25) is 5.95 Å². The SMILES string of the molecule is Cc1cc2c(Nc3ccc(Br)c(F)c3)nc(N)nc2s1. The Morgan fingerprint density at radius 3 is 2.85 bits per heavy atom. The molecule has 0 saturated heterocycles. The third kappa shape index (κ3) is 2.46. The number of nitrogens with one attached hydrogen (secondary N) is 1.